The van der Waals surface area contributed by atoms with E-state index in [2.05, 4.69) is 10.3 Å². The molecule has 0 fully saturated rings. The van der Waals surface area contributed by atoms with E-state index in [1.807, 2.05) is 32.0 Å². The number of rotatable bonds is 8. The van der Waals surface area contributed by atoms with Crippen molar-refractivity contribution in [1.82, 2.24) is 9.55 Å². The van der Waals surface area contributed by atoms with E-state index in [0.717, 1.165) is 12.0 Å². The van der Waals surface area contributed by atoms with E-state index in [4.69, 9.17) is 4.74 Å². The number of hydrogen-bond donors (Lipinski definition) is 1. The standard InChI is InChI=1S/C28H27N3O4/c1-4-19-11-13-20(14-12-19)26(33)22-16-31(28-21(27(22)34)15-10-18(3)29-28)17-25(32)30-23-8-6-7-9-24(23)35-5-2/h6-16H,4-5,17H2,1-3H3,(H,30,32). The Labute approximate surface area is 203 Å². The number of nitrogens with one attached hydrogen (secondary N) is 1. The van der Waals surface area contributed by atoms with Gasteiger partial charge in [-0.1, -0.05) is 43.3 Å². The predicted octanol–water partition coefficient (Wildman–Crippen LogP) is 4.54. The highest BCUT2D eigenvalue weighted by atomic mass is 16.5. The molecule has 0 aliphatic carbocycles. The first-order chi connectivity index (χ1) is 16.9. The molecule has 0 radical (unpaired) electrons. The summed E-state index contributed by atoms with van der Waals surface area (Å²) in [6, 6.07) is 17.7. The summed E-state index contributed by atoms with van der Waals surface area (Å²) in [4.78, 5) is 44.0. The highest BCUT2D eigenvalue weighted by molar-refractivity contribution is 6.10. The maximum absolute atomic E-state index is 13.3. The van der Waals surface area contributed by atoms with Crippen LogP contribution in [0.1, 0.15) is 41.0 Å². The number of para-hydroxylation sites is 2. The molecule has 4 rings (SSSR count). The molecular weight excluding hydrogens is 442 g/mol. The van der Waals surface area contributed by atoms with Gasteiger partial charge in [-0.15, -0.1) is 0 Å². The van der Waals surface area contributed by atoms with Gasteiger partial charge in [-0.2, -0.15) is 0 Å². The summed E-state index contributed by atoms with van der Waals surface area (Å²) in [5.41, 5.74) is 2.69. The minimum atomic E-state index is -0.407. The Balaban J connectivity index is 1.73. The number of benzene rings is 2. The zero-order chi connectivity index (χ0) is 24.9. The Bertz CT molecular complexity index is 1460. The fourth-order valence-electron chi connectivity index (χ4n) is 3.89. The van der Waals surface area contributed by atoms with Crippen molar-refractivity contribution < 1.29 is 14.3 Å². The number of pyridine rings is 2. The van der Waals surface area contributed by atoms with Gasteiger partial charge in [0.05, 0.1) is 23.2 Å². The first-order valence-electron chi connectivity index (χ1n) is 11.6. The number of carbonyl (C=O) groups excluding carboxylic acids is 2. The van der Waals surface area contributed by atoms with Gasteiger partial charge in [0.1, 0.15) is 17.9 Å². The number of hydrogen-bond acceptors (Lipinski definition) is 5. The van der Waals surface area contributed by atoms with Crippen molar-refractivity contribution in [2.24, 2.45) is 0 Å². The van der Waals surface area contributed by atoms with Gasteiger partial charge in [0, 0.05) is 17.5 Å². The molecule has 0 saturated carbocycles. The summed E-state index contributed by atoms with van der Waals surface area (Å²) in [5.74, 6) is -0.166. The molecule has 0 spiro atoms. The third-order valence-electron chi connectivity index (χ3n) is 5.70. The van der Waals surface area contributed by atoms with Crippen LogP contribution in [0.4, 0.5) is 5.69 Å². The summed E-state index contributed by atoms with van der Waals surface area (Å²) >= 11 is 0. The second kappa shape index (κ2) is 10.3. The summed E-state index contributed by atoms with van der Waals surface area (Å²) in [5, 5.41) is 3.14. The van der Waals surface area contributed by atoms with Crippen LogP contribution in [0.15, 0.2) is 71.7 Å². The monoisotopic (exact) mass is 469 g/mol. The lowest BCUT2D eigenvalue weighted by atomic mass is 10.0. The van der Waals surface area contributed by atoms with Crippen molar-refractivity contribution in [1.29, 1.82) is 0 Å². The van der Waals surface area contributed by atoms with Crippen molar-refractivity contribution in [3.05, 3.63) is 99.5 Å². The summed E-state index contributed by atoms with van der Waals surface area (Å²) < 4.78 is 7.14. The number of ketones is 1. The topological polar surface area (TPSA) is 90.3 Å². The van der Waals surface area contributed by atoms with Gasteiger partial charge < -0.3 is 14.6 Å². The van der Waals surface area contributed by atoms with Crippen LogP contribution in [0.2, 0.25) is 0 Å². The number of carbonyl (C=O) groups is 2. The van der Waals surface area contributed by atoms with Crippen LogP contribution in [-0.2, 0) is 17.8 Å². The van der Waals surface area contributed by atoms with E-state index >= 15 is 0 Å². The normalized spacial score (nSPS) is 10.8. The summed E-state index contributed by atoms with van der Waals surface area (Å²) in [7, 11) is 0. The molecule has 35 heavy (non-hydrogen) atoms. The molecule has 4 aromatic rings. The molecule has 7 nitrogen and oxygen atoms in total. The Morgan fingerprint density at radius 2 is 1.74 bits per heavy atom. The third kappa shape index (κ3) is 5.14. The number of amides is 1. The van der Waals surface area contributed by atoms with Crippen LogP contribution in [0.3, 0.4) is 0 Å². The number of anilines is 1. The largest absolute Gasteiger partial charge is 0.492 e. The van der Waals surface area contributed by atoms with Crippen molar-refractivity contribution in [3.8, 4) is 5.75 Å². The molecule has 0 atom stereocenters. The molecule has 0 saturated heterocycles. The number of ether oxygens (including phenoxy) is 1. The molecule has 2 aromatic carbocycles. The van der Waals surface area contributed by atoms with Gasteiger partial charge in [-0.05, 0) is 50.1 Å². The number of nitrogens with zero attached hydrogens (tertiary/aromatic N) is 2. The molecular formula is C28H27N3O4. The lowest BCUT2D eigenvalue weighted by molar-refractivity contribution is -0.116. The van der Waals surface area contributed by atoms with Crippen LogP contribution in [0.25, 0.3) is 11.0 Å². The lowest BCUT2D eigenvalue weighted by Gasteiger charge is -2.15. The van der Waals surface area contributed by atoms with E-state index in [9.17, 15) is 14.4 Å². The average molecular weight is 470 g/mol. The van der Waals surface area contributed by atoms with Crippen molar-refractivity contribution in [2.45, 2.75) is 33.7 Å². The first kappa shape index (κ1) is 23.9. The smallest absolute Gasteiger partial charge is 0.244 e. The zero-order valence-electron chi connectivity index (χ0n) is 20.0. The van der Waals surface area contributed by atoms with Crippen molar-refractivity contribution >= 4 is 28.4 Å². The molecule has 2 heterocycles. The Morgan fingerprint density at radius 3 is 2.46 bits per heavy atom. The second-order valence-electron chi connectivity index (χ2n) is 8.18. The number of fused-ring (bicyclic) bond motifs is 1. The van der Waals surface area contributed by atoms with Crippen LogP contribution >= 0.6 is 0 Å². The summed E-state index contributed by atoms with van der Waals surface area (Å²) in [6.07, 6.45) is 2.28. The molecule has 0 aliphatic rings. The average Bonchev–Trinajstić information content (AvgIpc) is 2.86. The fourth-order valence-corrected chi connectivity index (χ4v) is 3.89. The van der Waals surface area contributed by atoms with Gasteiger partial charge in [0.25, 0.3) is 0 Å². The quantitative estimate of drug-likeness (QED) is 0.383. The summed E-state index contributed by atoms with van der Waals surface area (Å²) in [6.45, 7) is 6.04. The predicted molar refractivity (Wildman–Crippen MR) is 136 cm³/mol. The molecule has 2 aromatic heterocycles. The van der Waals surface area contributed by atoms with Gasteiger partial charge in [0.2, 0.25) is 11.3 Å². The minimum absolute atomic E-state index is 0.00471. The van der Waals surface area contributed by atoms with Crippen LogP contribution in [0.5, 0.6) is 5.75 Å². The third-order valence-corrected chi connectivity index (χ3v) is 5.70. The van der Waals surface area contributed by atoms with Crippen molar-refractivity contribution in [2.75, 3.05) is 11.9 Å². The van der Waals surface area contributed by atoms with Crippen LogP contribution < -0.4 is 15.5 Å². The number of aryl methyl sites for hydroxylation is 2. The molecule has 1 amide bonds. The van der Waals surface area contributed by atoms with E-state index in [1.54, 1.807) is 54.0 Å². The van der Waals surface area contributed by atoms with Crippen molar-refractivity contribution in [3.63, 3.8) is 0 Å². The van der Waals surface area contributed by atoms with Gasteiger partial charge in [0.15, 0.2) is 5.78 Å². The van der Waals surface area contributed by atoms with Gasteiger partial charge >= 0.3 is 0 Å². The van der Waals surface area contributed by atoms with Crippen LogP contribution in [-0.4, -0.2) is 27.8 Å². The minimum Gasteiger partial charge on any atom is -0.492 e. The van der Waals surface area contributed by atoms with E-state index in [-0.39, 0.29) is 23.4 Å². The molecule has 7 heteroatoms. The molecule has 0 aliphatic heterocycles. The Hall–Kier alpha value is -4.26. The SMILES string of the molecule is CCOc1ccccc1NC(=O)Cn1cc(C(=O)c2ccc(CC)cc2)c(=O)c2ccc(C)nc21. The van der Waals surface area contributed by atoms with E-state index < -0.39 is 11.2 Å². The molecule has 1 N–H and O–H groups in total. The lowest BCUT2D eigenvalue weighted by Crippen LogP contribution is -2.25. The van der Waals surface area contributed by atoms with Gasteiger partial charge in [-0.25, -0.2) is 4.98 Å². The Kier molecular flexibility index (Phi) is 7.06. The molecule has 178 valence electrons. The fraction of sp³-hybridized carbons (Fsp3) is 0.214. The second-order valence-corrected chi connectivity index (χ2v) is 8.18. The molecule has 0 bridgehead atoms. The molecule has 0 unspecified atom stereocenters. The highest BCUT2D eigenvalue weighted by Gasteiger charge is 2.19. The first-order valence-corrected chi connectivity index (χ1v) is 11.6. The van der Waals surface area contributed by atoms with E-state index in [1.165, 1.54) is 6.20 Å². The number of aromatic nitrogens is 2. The highest BCUT2D eigenvalue weighted by Crippen LogP contribution is 2.24. The maximum atomic E-state index is 13.3. The van der Waals surface area contributed by atoms with Crippen LogP contribution in [0, 0.1) is 6.92 Å². The van der Waals surface area contributed by atoms with Gasteiger partial charge in [-0.3, -0.25) is 14.4 Å². The Morgan fingerprint density at radius 1 is 1.00 bits per heavy atom. The zero-order valence-corrected chi connectivity index (χ0v) is 20.0. The maximum Gasteiger partial charge on any atom is 0.244 e. The van der Waals surface area contributed by atoms with E-state index in [0.29, 0.717) is 34.9 Å².